The van der Waals surface area contributed by atoms with E-state index < -0.39 is 35.9 Å². The molecule has 7 heteroatoms. The molecule has 4 atom stereocenters. The summed E-state index contributed by atoms with van der Waals surface area (Å²) >= 11 is 0. The van der Waals surface area contributed by atoms with Gasteiger partial charge in [0.25, 0.3) is 5.92 Å². The van der Waals surface area contributed by atoms with Gasteiger partial charge in [-0.3, -0.25) is 4.79 Å². The van der Waals surface area contributed by atoms with Gasteiger partial charge in [0.2, 0.25) is 5.91 Å². The first-order chi connectivity index (χ1) is 11.9. The maximum Gasteiger partial charge on any atom is 0.254 e. The van der Waals surface area contributed by atoms with E-state index in [0.717, 1.165) is 16.5 Å². The number of hydrogen-bond donors (Lipinski definition) is 2. The Morgan fingerprint density at radius 2 is 2.24 bits per heavy atom. The van der Waals surface area contributed by atoms with Crippen molar-refractivity contribution in [2.45, 2.75) is 43.3 Å². The van der Waals surface area contributed by atoms with Crippen LogP contribution in [0.1, 0.15) is 18.4 Å². The first-order valence-corrected chi connectivity index (χ1v) is 8.32. The Morgan fingerprint density at radius 1 is 1.48 bits per heavy atom. The molecule has 1 aromatic carbocycles. The quantitative estimate of drug-likeness (QED) is 0.895. The van der Waals surface area contributed by atoms with Gasteiger partial charge in [-0.15, -0.1) is 0 Å². The number of rotatable bonds is 3. The number of nitrogens with one attached hydrogen (secondary N) is 1. The third-order valence-corrected chi connectivity index (χ3v) is 5.49. The predicted molar refractivity (Wildman–Crippen MR) is 87.7 cm³/mol. The molecule has 0 bridgehead atoms. The summed E-state index contributed by atoms with van der Waals surface area (Å²) in [5.41, 5.74) is 7.95. The Hall–Kier alpha value is -2.46. The van der Waals surface area contributed by atoms with Crippen LogP contribution in [0.3, 0.4) is 0 Å². The lowest BCUT2D eigenvalue weighted by Gasteiger charge is -2.43. The van der Waals surface area contributed by atoms with E-state index in [1.165, 1.54) is 4.90 Å². The Morgan fingerprint density at radius 3 is 2.96 bits per heavy atom. The average molecular weight is 344 g/mol. The second-order valence-electron chi connectivity index (χ2n) is 6.94. The average Bonchev–Trinajstić information content (AvgIpc) is 3.13. The van der Waals surface area contributed by atoms with Gasteiger partial charge >= 0.3 is 0 Å². The van der Waals surface area contributed by atoms with Gasteiger partial charge in [-0.25, -0.2) is 8.78 Å². The van der Waals surface area contributed by atoms with Crippen LogP contribution in [0.2, 0.25) is 0 Å². The van der Waals surface area contributed by atoms with Crippen LogP contribution in [-0.4, -0.2) is 39.8 Å². The molecule has 5 nitrogen and oxygen atoms in total. The molecule has 4 rings (SSSR count). The summed E-state index contributed by atoms with van der Waals surface area (Å²) in [5, 5.41) is 10.2. The minimum Gasteiger partial charge on any atom is -0.361 e. The second-order valence-corrected chi connectivity index (χ2v) is 6.94. The van der Waals surface area contributed by atoms with Gasteiger partial charge in [0, 0.05) is 35.5 Å². The molecule has 2 heterocycles. The summed E-state index contributed by atoms with van der Waals surface area (Å²) in [7, 11) is 0. The number of aromatic amines is 1. The number of nitriles is 1. The molecule has 1 amide bonds. The second kappa shape index (κ2) is 5.53. The number of hydrogen-bond acceptors (Lipinski definition) is 3. The minimum atomic E-state index is -2.78. The van der Waals surface area contributed by atoms with Gasteiger partial charge < -0.3 is 15.6 Å². The van der Waals surface area contributed by atoms with E-state index in [1.54, 1.807) is 0 Å². The number of alkyl halides is 2. The van der Waals surface area contributed by atoms with Crippen LogP contribution in [-0.2, 0) is 11.2 Å². The van der Waals surface area contributed by atoms with E-state index in [1.807, 2.05) is 36.5 Å². The third kappa shape index (κ3) is 2.40. The zero-order valence-corrected chi connectivity index (χ0v) is 13.5. The van der Waals surface area contributed by atoms with E-state index in [-0.39, 0.29) is 12.8 Å². The number of fused-ring (bicyclic) bond motifs is 2. The zero-order valence-electron chi connectivity index (χ0n) is 13.5. The van der Waals surface area contributed by atoms with Gasteiger partial charge in [-0.1, -0.05) is 18.2 Å². The molecular weight excluding hydrogens is 326 g/mol. The van der Waals surface area contributed by atoms with Gasteiger partial charge in [0.1, 0.15) is 6.04 Å². The van der Waals surface area contributed by atoms with Crippen LogP contribution in [0.4, 0.5) is 8.78 Å². The van der Waals surface area contributed by atoms with E-state index >= 15 is 0 Å². The number of H-pyrrole nitrogens is 1. The number of nitrogens with zero attached hydrogens (tertiary/aromatic N) is 2. The number of amides is 1. The largest absolute Gasteiger partial charge is 0.361 e. The minimum absolute atomic E-state index is 0.0275. The first-order valence-electron chi connectivity index (χ1n) is 8.32. The lowest BCUT2D eigenvalue weighted by molar-refractivity contribution is -0.167. The van der Waals surface area contributed by atoms with Crippen molar-refractivity contribution in [2.75, 3.05) is 0 Å². The molecule has 2 fully saturated rings. The van der Waals surface area contributed by atoms with Crippen molar-refractivity contribution in [1.29, 1.82) is 5.26 Å². The molecule has 1 aromatic heterocycles. The van der Waals surface area contributed by atoms with E-state index in [0.29, 0.717) is 6.42 Å². The summed E-state index contributed by atoms with van der Waals surface area (Å²) in [6.07, 6.45) is 1.76. The van der Waals surface area contributed by atoms with E-state index in [2.05, 4.69) is 4.98 Å². The molecule has 25 heavy (non-hydrogen) atoms. The number of para-hydroxylation sites is 1. The number of aromatic nitrogens is 1. The smallest absolute Gasteiger partial charge is 0.254 e. The highest BCUT2D eigenvalue weighted by Crippen LogP contribution is 2.53. The Bertz CT molecular complexity index is 871. The molecule has 2 aliphatic rings. The van der Waals surface area contributed by atoms with Crippen LogP contribution in [0.25, 0.3) is 10.9 Å². The predicted octanol–water partition coefficient (Wildman–Crippen LogP) is 2.19. The molecule has 1 aliphatic heterocycles. The highest BCUT2D eigenvalue weighted by Gasteiger charge is 2.64. The standard InChI is InChI=1S/C18H18F2N4O/c19-18(20)7-16-13(18)6-11(8-21)24(16)17(25)14(22)5-10-9-23-15-4-2-1-3-12(10)15/h1-4,9,11,13-14,16,23H,5-7,22H2/t11-,13-,14-,16-/m0/s1. The molecule has 1 aliphatic carbocycles. The maximum atomic E-state index is 13.6. The van der Waals surface area contributed by atoms with Crippen molar-refractivity contribution in [3.63, 3.8) is 0 Å². The van der Waals surface area contributed by atoms with Crippen LogP contribution in [0.5, 0.6) is 0 Å². The van der Waals surface area contributed by atoms with Gasteiger partial charge in [-0.05, 0) is 24.5 Å². The summed E-state index contributed by atoms with van der Waals surface area (Å²) in [5.74, 6) is -4.11. The summed E-state index contributed by atoms with van der Waals surface area (Å²) in [6.45, 7) is 0. The lowest BCUT2D eigenvalue weighted by Crippen LogP contribution is -2.58. The molecular formula is C18H18F2N4O. The fourth-order valence-electron chi connectivity index (χ4n) is 4.15. The van der Waals surface area contributed by atoms with Crippen molar-refractivity contribution < 1.29 is 13.6 Å². The van der Waals surface area contributed by atoms with Crippen molar-refractivity contribution in [3.8, 4) is 6.07 Å². The van der Waals surface area contributed by atoms with Crippen LogP contribution in [0, 0.1) is 17.2 Å². The first kappa shape index (κ1) is 16.0. The number of nitrogens with two attached hydrogens (primary N) is 1. The van der Waals surface area contributed by atoms with Crippen molar-refractivity contribution in [3.05, 3.63) is 36.0 Å². The van der Waals surface area contributed by atoms with Crippen LogP contribution < -0.4 is 5.73 Å². The van der Waals surface area contributed by atoms with E-state index in [4.69, 9.17) is 5.73 Å². The normalized spacial score (nSPS) is 28.2. The van der Waals surface area contributed by atoms with Crippen molar-refractivity contribution in [1.82, 2.24) is 9.88 Å². The SMILES string of the molecule is N#C[C@@H]1C[C@H]2[C@H](CC2(F)F)N1C(=O)[C@@H](N)Cc1c[nH]c2ccccc12. The van der Waals surface area contributed by atoms with Crippen LogP contribution in [0.15, 0.2) is 30.5 Å². The topological polar surface area (TPSA) is 85.9 Å². The Labute approximate surface area is 143 Å². The molecule has 2 aromatic rings. The highest BCUT2D eigenvalue weighted by atomic mass is 19.3. The molecule has 3 N–H and O–H groups in total. The summed E-state index contributed by atoms with van der Waals surface area (Å²) in [6, 6.07) is 7.43. The monoisotopic (exact) mass is 344 g/mol. The molecule has 1 saturated carbocycles. The fraction of sp³-hybridized carbons (Fsp3) is 0.444. The maximum absolute atomic E-state index is 13.6. The number of carbonyl (C=O) groups excluding carboxylic acids is 1. The zero-order chi connectivity index (χ0) is 17.8. The summed E-state index contributed by atoms with van der Waals surface area (Å²) in [4.78, 5) is 17.2. The number of carbonyl (C=O) groups is 1. The number of likely N-dealkylation sites (tertiary alicyclic amines) is 1. The molecule has 1 saturated heterocycles. The lowest BCUT2D eigenvalue weighted by atomic mass is 9.75. The fourth-order valence-corrected chi connectivity index (χ4v) is 4.15. The van der Waals surface area contributed by atoms with E-state index in [9.17, 15) is 18.8 Å². The third-order valence-electron chi connectivity index (χ3n) is 5.49. The van der Waals surface area contributed by atoms with Gasteiger partial charge in [-0.2, -0.15) is 5.26 Å². The molecule has 0 spiro atoms. The molecule has 130 valence electrons. The molecule has 0 unspecified atom stereocenters. The van der Waals surface area contributed by atoms with Gasteiger partial charge in [0.05, 0.1) is 12.1 Å². The Balaban J connectivity index is 1.53. The number of halogens is 2. The summed E-state index contributed by atoms with van der Waals surface area (Å²) < 4.78 is 27.3. The highest BCUT2D eigenvalue weighted by molar-refractivity contribution is 5.86. The molecule has 0 radical (unpaired) electrons. The number of benzene rings is 1. The van der Waals surface area contributed by atoms with Crippen molar-refractivity contribution in [2.24, 2.45) is 11.7 Å². The van der Waals surface area contributed by atoms with Gasteiger partial charge in [0.15, 0.2) is 0 Å². The van der Waals surface area contributed by atoms with Crippen LogP contribution >= 0.6 is 0 Å². The van der Waals surface area contributed by atoms with Crippen molar-refractivity contribution >= 4 is 16.8 Å². The Kier molecular flexibility index (Phi) is 3.55.